The van der Waals surface area contributed by atoms with Crippen molar-refractivity contribution < 1.29 is 18.0 Å². The zero-order valence-electron chi connectivity index (χ0n) is 15.4. The Morgan fingerprint density at radius 3 is 1.97 bits per heavy atom. The molecule has 5 rings (SSSR count). The lowest BCUT2D eigenvalue weighted by molar-refractivity contribution is 0.104. The number of hydrogen-bond donors (Lipinski definition) is 0. The van der Waals surface area contributed by atoms with Gasteiger partial charge in [0.25, 0.3) is 0 Å². The van der Waals surface area contributed by atoms with E-state index >= 15 is 0 Å². The molecule has 0 aliphatic heterocycles. The summed E-state index contributed by atoms with van der Waals surface area (Å²) >= 11 is 0. The lowest BCUT2D eigenvalue weighted by Crippen LogP contribution is -2.01. The topological polar surface area (TPSA) is 90.4 Å². The quantitative estimate of drug-likeness (QED) is 0.243. The van der Waals surface area contributed by atoms with Crippen molar-refractivity contribution in [1.82, 2.24) is 9.97 Å². The fraction of sp³-hybridized carbons (Fsp3) is 0. The molecule has 31 heavy (non-hydrogen) atoms. The Morgan fingerprint density at radius 2 is 1.42 bits per heavy atom. The van der Waals surface area contributed by atoms with Crippen molar-refractivity contribution >= 4 is 16.9 Å². The lowest BCUT2D eigenvalue weighted by Gasteiger charge is -2.09. The van der Waals surface area contributed by atoms with Gasteiger partial charge in [-0.1, -0.05) is 12.1 Å². The molecule has 0 atom stereocenters. The molecule has 3 aromatic rings. The summed E-state index contributed by atoms with van der Waals surface area (Å²) in [5, 5.41) is 19.0. The van der Waals surface area contributed by atoms with Gasteiger partial charge in [-0.15, -0.1) is 0 Å². The molecule has 2 aliphatic rings. The molecular formula is C23H7F3N4O. The molecule has 0 bridgehead atoms. The van der Waals surface area contributed by atoms with Crippen molar-refractivity contribution in [3.63, 3.8) is 0 Å². The summed E-state index contributed by atoms with van der Waals surface area (Å²) in [5.41, 5.74) is -0.0994. The molecule has 1 aromatic carbocycles. The number of ketones is 1. The normalized spacial score (nSPS) is 13.5. The van der Waals surface area contributed by atoms with Gasteiger partial charge in [0.05, 0.1) is 11.4 Å². The van der Waals surface area contributed by atoms with Crippen LogP contribution < -0.4 is 0 Å². The van der Waals surface area contributed by atoms with Crippen molar-refractivity contribution in [1.29, 1.82) is 10.5 Å². The van der Waals surface area contributed by atoms with E-state index in [0.29, 0.717) is 28.6 Å². The number of nitriles is 2. The first-order valence-corrected chi connectivity index (χ1v) is 8.92. The number of fused-ring (bicyclic) bond motifs is 4. The Morgan fingerprint density at radius 1 is 0.839 bits per heavy atom. The lowest BCUT2D eigenvalue weighted by atomic mass is 9.91. The molecule has 0 spiro atoms. The molecule has 0 N–H and O–H groups in total. The molecule has 146 valence electrons. The summed E-state index contributed by atoms with van der Waals surface area (Å²) in [4.78, 5) is 22.0. The van der Waals surface area contributed by atoms with Crippen molar-refractivity contribution in [3.05, 3.63) is 93.6 Å². The van der Waals surface area contributed by atoms with E-state index in [1.165, 1.54) is 12.4 Å². The van der Waals surface area contributed by atoms with Gasteiger partial charge in [-0.3, -0.25) is 14.8 Å². The molecule has 0 fully saturated rings. The van der Waals surface area contributed by atoms with Gasteiger partial charge in [-0.05, 0) is 18.2 Å². The van der Waals surface area contributed by atoms with Crippen molar-refractivity contribution in [3.8, 4) is 23.5 Å². The molecule has 0 unspecified atom stereocenters. The number of carbonyl (C=O) groups is 1. The van der Waals surface area contributed by atoms with E-state index in [0.717, 1.165) is 0 Å². The van der Waals surface area contributed by atoms with Crippen LogP contribution >= 0.6 is 0 Å². The van der Waals surface area contributed by atoms with Crippen LogP contribution in [0, 0.1) is 40.1 Å². The van der Waals surface area contributed by atoms with Crippen LogP contribution in [-0.2, 0) is 0 Å². The summed E-state index contributed by atoms with van der Waals surface area (Å²) in [6.45, 7) is 0. The number of pyridine rings is 2. The monoisotopic (exact) mass is 412 g/mol. The average Bonchev–Trinajstić information content (AvgIpc) is 3.26. The predicted octanol–water partition coefficient (Wildman–Crippen LogP) is 4.37. The zero-order chi connectivity index (χ0) is 21.9. The summed E-state index contributed by atoms with van der Waals surface area (Å²) in [6.07, 6.45) is 3.07. The maximum atomic E-state index is 14.8. The highest BCUT2D eigenvalue weighted by Gasteiger charge is 2.42. The van der Waals surface area contributed by atoms with Crippen LogP contribution in [0.2, 0.25) is 0 Å². The summed E-state index contributed by atoms with van der Waals surface area (Å²) in [7, 11) is 0. The summed E-state index contributed by atoms with van der Waals surface area (Å²) in [5.74, 6) is -5.79. The minimum absolute atomic E-state index is 0.196. The fourth-order valence-electron chi connectivity index (χ4n) is 4.02. The second kappa shape index (κ2) is 6.48. The largest absolute Gasteiger partial charge is 0.289 e. The van der Waals surface area contributed by atoms with Crippen LogP contribution in [0.25, 0.3) is 22.5 Å². The fourth-order valence-corrected chi connectivity index (χ4v) is 4.02. The van der Waals surface area contributed by atoms with Crippen LogP contribution in [0.15, 0.2) is 53.9 Å². The number of benzene rings is 1. The molecule has 0 saturated heterocycles. The number of rotatable bonds is 0. The van der Waals surface area contributed by atoms with E-state index in [4.69, 9.17) is 0 Å². The van der Waals surface area contributed by atoms with E-state index in [-0.39, 0.29) is 16.7 Å². The van der Waals surface area contributed by atoms with Crippen molar-refractivity contribution in [2.45, 2.75) is 0 Å². The number of halogens is 3. The van der Waals surface area contributed by atoms with E-state index in [2.05, 4.69) is 9.97 Å². The van der Waals surface area contributed by atoms with Crippen LogP contribution in [0.1, 0.15) is 27.0 Å². The van der Waals surface area contributed by atoms with Crippen LogP contribution in [-0.4, -0.2) is 15.8 Å². The molecule has 2 aromatic heterocycles. The van der Waals surface area contributed by atoms with Gasteiger partial charge in [-0.25, -0.2) is 13.2 Å². The minimum atomic E-state index is -1.79. The molecule has 2 aliphatic carbocycles. The summed E-state index contributed by atoms with van der Waals surface area (Å²) < 4.78 is 42.8. The Labute approximate surface area is 173 Å². The zero-order valence-corrected chi connectivity index (χ0v) is 15.4. The van der Waals surface area contributed by atoms with E-state index in [1.54, 1.807) is 36.4 Å². The van der Waals surface area contributed by atoms with Gasteiger partial charge in [0.15, 0.2) is 23.2 Å². The second-order valence-electron chi connectivity index (χ2n) is 6.76. The predicted molar refractivity (Wildman–Crippen MR) is 102 cm³/mol. The highest BCUT2D eigenvalue weighted by Crippen LogP contribution is 2.50. The van der Waals surface area contributed by atoms with Crippen molar-refractivity contribution in [2.75, 3.05) is 0 Å². The maximum Gasteiger partial charge on any atom is 0.195 e. The number of Topliss-reactive ketones (excluding diaryl/α,β-unsaturated/α-hetero) is 1. The van der Waals surface area contributed by atoms with Crippen LogP contribution in [0.5, 0.6) is 0 Å². The Hall–Kier alpha value is -4.56. The number of hydrogen-bond acceptors (Lipinski definition) is 5. The van der Waals surface area contributed by atoms with E-state index < -0.39 is 39.9 Å². The minimum Gasteiger partial charge on any atom is -0.289 e. The molecule has 0 saturated carbocycles. The first-order valence-electron chi connectivity index (χ1n) is 8.92. The molecule has 0 radical (unpaired) electrons. The Bertz CT molecular complexity index is 1440. The number of aromatic nitrogens is 2. The van der Waals surface area contributed by atoms with E-state index in [9.17, 15) is 28.5 Å². The van der Waals surface area contributed by atoms with Gasteiger partial charge < -0.3 is 0 Å². The highest BCUT2D eigenvalue weighted by atomic mass is 19.2. The van der Waals surface area contributed by atoms with Gasteiger partial charge >= 0.3 is 0 Å². The molecule has 5 nitrogen and oxygen atoms in total. The highest BCUT2D eigenvalue weighted by molar-refractivity contribution is 6.33. The van der Waals surface area contributed by atoms with Gasteiger partial charge in [0.1, 0.15) is 17.7 Å². The summed E-state index contributed by atoms with van der Waals surface area (Å²) in [6, 6.07) is 10.4. The van der Waals surface area contributed by atoms with Crippen LogP contribution in [0.4, 0.5) is 13.2 Å². The number of allylic oxidation sites excluding steroid dienone is 3. The molecule has 2 heterocycles. The SMILES string of the molecule is N#CC(C#N)=C1C(=C2c3cccnc3-c3ncccc32)C(=O)c2cc(F)c(F)c(F)c21. The third-order valence-corrected chi connectivity index (χ3v) is 5.24. The molecule has 0 amide bonds. The first kappa shape index (κ1) is 18.5. The van der Waals surface area contributed by atoms with Crippen LogP contribution in [0.3, 0.4) is 0 Å². The Balaban J connectivity index is 2.00. The number of carbonyl (C=O) groups excluding carboxylic acids is 1. The second-order valence-corrected chi connectivity index (χ2v) is 6.76. The molecular weight excluding hydrogens is 405 g/mol. The van der Waals surface area contributed by atoms with Gasteiger partial charge in [0, 0.05) is 51.4 Å². The maximum absolute atomic E-state index is 14.8. The van der Waals surface area contributed by atoms with Crippen molar-refractivity contribution in [2.24, 2.45) is 0 Å². The third kappa shape index (κ3) is 2.33. The first-order chi connectivity index (χ1) is 15.0. The molecule has 8 heteroatoms. The van der Waals surface area contributed by atoms with Gasteiger partial charge in [0.2, 0.25) is 0 Å². The smallest absolute Gasteiger partial charge is 0.195 e. The third-order valence-electron chi connectivity index (χ3n) is 5.24. The standard InChI is InChI=1S/C23H7F3N4O/c24-14-7-13-17(20(26)19(14)25)15(10(8-27)9-28)18(23(13)31)16-11-3-1-5-29-21(11)22-12(16)4-2-6-30-22/h1-7H. The Kier molecular flexibility index (Phi) is 3.86. The number of nitrogens with zero attached hydrogens (tertiary/aromatic N) is 4. The van der Waals surface area contributed by atoms with Gasteiger partial charge in [-0.2, -0.15) is 10.5 Å². The van der Waals surface area contributed by atoms with E-state index in [1.807, 2.05) is 0 Å². The average molecular weight is 412 g/mol.